The Morgan fingerprint density at radius 1 is 1.37 bits per heavy atom. The Bertz CT molecular complexity index is 1160. The zero-order chi connectivity index (χ0) is 19.0. The van der Waals surface area contributed by atoms with Crippen molar-refractivity contribution in [2.75, 3.05) is 5.32 Å². The SMILES string of the molecule is N#Cc1ccc(Cl)cc1NC(=O)Cn1cnc2sc3c(c2c1=O)CCCC3. The van der Waals surface area contributed by atoms with Gasteiger partial charge in [-0.25, -0.2) is 4.98 Å². The van der Waals surface area contributed by atoms with Gasteiger partial charge in [-0.2, -0.15) is 5.26 Å². The molecular formula is C19H15ClN4O2S. The van der Waals surface area contributed by atoms with Crippen molar-refractivity contribution >= 4 is 44.7 Å². The van der Waals surface area contributed by atoms with Crippen molar-refractivity contribution in [3.63, 3.8) is 0 Å². The Morgan fingerprint density at radius 3 is 3.00 bits per heavy atom. The van der Waals surface area contributed by atoms with Gasteiger partial charge in [-0.1, -0.05) is 11.6 Å². The van der Waals surface area contributed by atoms with Crippen molar-refractivity contribution in [3.8, 4) is 6.07 Å². The number of aryl methyl sites for hydroxylation is 2. The summed E-state index contributed by atoms with van der Waals surface area (Å²) in [7, 11) is 0. The van der Waals surface area contributed by atoms with Crippen LogP contribution in [0.4, 0.5) is 5.69 Å². The summed E-state index contributed by atoms with van der Waals surface area (Å²) in [5, 5.41) is 12.9. The van der Waals surface area contributed by atoms with Gasteiger partial charge >= 0.3 is 0 Å². The number of anilines is 1. The number of carbonyl (C=O) groups is 1. The molecule has 6 nitrogen and oxygen atoms in total. The Labute approximate surface area is 164 Å². The average Bonchev–Trinajstić information content (AvgIpc) is 3.03. The van der Waals surface area contributed by atoms with Crippen LogP contribution >= 0.6 is 22.9 Å². The first kappa shape index (κ1) is 17.7. The van der Waals surface area contributed by atoms with E-state index < -0.39 is 5.91 Å². The van der Waals surface area contributed by atoms with Crippen LogP contribution in [0.15, 0.2) is 29.3 Å². The van der Waals surface area contributed by atoms with Crippen LogP contribution < -0.4 is 10.9 Å². The van der Waals surface area contributed by atoms with Gasteiger partial charge in [0.2, 0.25) is 5.91 Å². The summed E-state index contributed by atoms with van der Waals surface area (Å²) in [5.74, 6) is -0.416. The number of nitriles is 1. The second-order valence-electron chi connectivity index (χ2n) is 6.42. The molecule has 3 aromatic rings. The van der Waals surface area contributed by atoms with E-state index in [9.17, 15) is 9.59 Å². The molecule has 136 valence electrons. The van der Waals surface area contributed by atoms with Crippen LogP contribution in [0.2, 0.25) is 5.02 Å². The number of fused-ring (bicyclic) bond motifs is 3. The van der Waals surface area contributed by atoms with Crippen LogP contribution in [-0.2, 0) is 24.2 Å². The van der Waals surface area contributed by atoms with E-state index in [0.717, 1.165) is 36.1 Å². The van der Waals surface area contributed by atoms with Gasteiger partial charge in [0, 0.05) is 9.90 Å². The van der Waals surface area contributed by atoms with Gasteiger partial charge in [-0.3, -0.25) is 14.2 Å². The summed E-state index contributed by atoms with van der Waals surface area (Å²) in [5.41, 5.74) is 1.53. The highest BCUT2D eigenvalue weighted by Crippen LogP contribution is 2.33. The number of aromatic nitrogens is 2. The van der Waals surface area contributed by atoms with Crippen molar-refractivity contribution in [2.45, 2.75) is 32.2 Å². The Balaban J connectivity index is 1.63. The number of carbonyl (C=O) groups excluding carboxylic acids is 1. The molecule has 1 aliphatic rings. The van der Waals surface area contributed by atoms with Crippen molar-refractivity contribution in [2.24, 2.45) is 0 Å². The molecule has 0 saturated carbocycles. The van der Waals surface area contributed by atoms with Gasteiger partial charge in [0.05, 0.1) is 23.0 Å². The third kappa shape index (κ3) is 3.34. The fourth-order valence-corrected chi connectivity index (χ4v) is 4.75. The maximum atomic E-state index is 12.9. The highest BCUT2D eigenvalue weighted by molar-refractivity contribution is 7.18. The molecular weight excluding hydrogens is 384 g/mol. The first-order valence-electron chi connectivity index (χ1n) is 8.56. The molecule has 4 rings (SSSR count). The lowest BCUT2D eigenvalue weighted by molar-refractivity contribution is -0.116. The van der Waals surface area contributed by atoms with Crippen LogP contribution in [0.3, 0.4) is 0 Å². The number of benzene rings is 1. The maximum Gasteiger partial charge on any atom is 0.262 e. The summed E-state index contributed by atoms with van der Waals surface area (Å²) in [6.45, 7) is -0.177. The van der Waals surface area contributed by atoms with E-state index in [1.54, 1.807) is 17.4 Å². The molecule has 1 N–H and O–H groups in total. The smallest absolute Gasteiger partial charge is 0.262 e. The monoisotopic (exact) mass is 398 g/mol. The predicted molar refractivity (Wildman–Crippen MR) is 105 cm³/mol. The van der Waals surface area contributed by atoms with Gasteiger partial charge in [0.1, 0.15) is 17.4 Å². The van der Waals surface area contributed by atoms with Gasteiger partial charge < -0.3 is 5.32 Å². The molecule has 1 aliphatic carbocycles. The average molecular weight is 399 g/mol. The molecule has 0 saturated heterocycles. The summed E-state index contributed by atoms with van der Waals surface area (Å²) < 4.78 is 1.32. The topological polar surface area (TPSA) is 87.8 Å². The van der Waals surface area contributed by atoms with E-state index >= 15 is 0 Å². The predicted octanol–water partition coefficient (Wildman–Crippen LogP) is 3.50. The molecule has 0 spiro atoms. The summed E-state index contributed by atoms with van der Waals surface area (Å²) in [4.78, 5) is 31.7. The van der Waals surface area contributed by atoms with Crippen LogP contribution in [0.1, 0.15) is 28.8 Å². The van der Waals surface area contributed by atoms with Crippen LogP contribution in [-0.4, -0.2) is 15.5 Å². The van der Waals surface area contributed by atoms with Crippen molar-refractivity contribution in [3.05, 3.63) is 55.9 Å². The number of nitrogens with one attached hydrogen (secondary N) is 1. The molecule has 0 fully saturated rings. The van der Waals surface area contributed by atoms with E-state index in [1.165, 1.54) is 27.9 Å². The molecule has 0 radical (unpaired) electrons. The highest BCUT2D eigenvalue weighted by atomic mass is 35.5. The fraction of sp³-hybridized carbons (Fsp3) is 0.263. The number of rotatable bonds is 3. The third-order valence-electron chi connectivity index (χ3n) is 4.63. The van der Waals surface area contributed by atoms with Crippen LogP contribution in [0.25, 0.3) is 10.2 Å². The molecule has 0 unspecified atom stereocenters. The Morgan fingerprint density at radius 2 is 2.19 bits per heavy atom. The van der Waals surface area contributed by atoms with Gasteiger partial charge in [-0.05, 0) is 49.4 Å². The van der Waals surface area contributed by atoms with E-state index in [4.69, 9.17) is 16.9 Å². The maximum absolute atomic E-state index is 12.9. The van der Waals surface area contributed by atoms with E-state index in [2.05, 4.69) is 10.3 Å². The van der Waals surface area contributed by atoms with Crippen molar-refractivity contribution < 1.29 is 4.79 Å². The fourth-order valence-electron chi connectivity index (χ4n) is 3.36. The van der Waals surface area contributed by atoms with Crippen LogP contribution in [0.5, 0.6) is 0 Å². The van der Waals surface area contributed by atoms with Crippen molar-refractivity contribution in [1.29, 1.82) is 5.26 Å². The zero-order valence-electron chi connectivity index (χ0n) is 14.3. The standard InChI is InChI=1S/C19H15ClN4O2S/c20-12-6-5-11(8-21)14(7-12)23-16(25)9-24-10-22-18-17(19(24)26)13-3-1-2-4-15(13)27-18/h5-7,10H,1-4,9H2,(H,23,25). The number of thiophene rings is 1. The number of amides is 1. The normalized spacial score (nSPS) is 13.2. The summed E-state index contributed by atoms with van der Waals surface area (Å²) in [6.07, 6.45) is 5.49. The lowest BCUT2D eigenvalue weighted by atomic mass is 9.97. The molecule has 2 heterocycles. The first-order chi connectivity index (χ1) is 13.1. The Kier molecular flexibility index (Phi) is 4.68. The summed E-state index contributed by atoms with van der Waals surface area (Å²) in [6, 6.07) is 6.64. The van der Waals surface area contributed by atoms with Gasteiger partial charge in [0.25, 0.3) is 5.56 Å². The largest absolute Gasteiger partial charge is 0.323 e. The molecule has 1 amide bonds. The van der Waals surface area contributed by atoms with E-state index in [1.807, 2.05) is 6.07 Å². The van der Waals surface area contributed by atoms with E-state index in [-0.39, 0.29) is 12.1 Å². The summed E-state index contributed by atoms with van der Waals surface area (Å²) >= 11 is 7.51. The molecule has 2 aromatic heterocycles. The van der Waals surface area contributed by atoms with Gasteiger partial charge in [0.15, 0.2) is 0 Å². The van der Waals surface area contributed by atoms with Crippen molar-refractivity contribution in [1.82, 2.24) is 9.55 Å². The molecule has 0 aliphatic heterocycles. The quantitative estimate of drug-likeness (QED) is 0.731. The second-order valence-corrected chi connectivity index (χ2v) is 7.94. The minimum Gasteiger partial charge on any atom is -0.323 e. The second kappa shape index (κ2) is 7.14. The number of nitrogens with zero attached hydrogens (tertiary/aromatic N) is 3. The van der Waals surface area contributed by atoms with Crippen LogP contribution in [0, 0.1) is 11.3 Å². The highest BCUT2D eigenvalue weighted by Gasteiger charge is 2.20. The minimum atomic E-state index is -0.416. The lowest BCUT2D eigenvalue weighted by Gasteiger charge is -2.11. The third-order valence-corrected chi connectivity index (χ3v) is 6.07. The number of hydrogen-bond donors (Lipinski definition) is 1. The van der Waals surface area contributed by atoms with E-state index in [0.29, 0.717) is 21.7 Å². The number of hydrogen-bond acceptors (Lipinski definition) is 5. The molecule has 0 bridgehead atoms. The first-order valence-corrected chi connectivity index (χ1v) is 9.75. The Hall–Kier alpha value is -2.69. The molecule has 8 heteroatoms. The molecule has 27 heavy (non-hydrogen) atoms. The number of halogens is 1. The lowest BCUT2D eigenvalue weighted by Crippen LogP contribution is -2.28. The minimum absolute atomic E-state index is 0.177. The zero-order valence-corrected chi connectivity index (χ0v) is 15.9. The molecule has 0 atom stereocenters. The molecule has 1 aromatic carbocycles. The van der Waals surface area contributed by atoms with Gasteiger partial charge in [-0.15, -0.1) is 11.3 Å².